The third kappa shape index (κ3) is 4.45. The number of hydrogen-bond acceptors (Lipinski definition) is 3. The summed E-state index contributed by atoms with van der Waals surface area (Å²) in [6, 6.07) is 9.76. The topological polar surface area (TPSA) is 18.5 Å². The minimum atomic E-state index is 0.638. The second-order valence-electron chi connectivity index (χ2n) is 6.76. The molecule has 1 unspecified atom stereocenters. The Morgan fingerprint density at radius 1 is 0.952 bits per heavy atom. The first-order valence-corrected chi connectivity index (χ1v) is 8.56. The molecule has 3 rings (SSSR count). The lowest BCUT2D eigenvalue weighted by molar-refractivity contribution is 0.331. The van der Waals surface area contributed by atoms with Gasteiger partial charge in [0.15, 0.2) is 0 Å². The Bertz CT molecular complexity index is 423. The summed E-state index contributed by atoms with van der Waals surface area (Å²) in [5.41, 5.74) is 2.73. The van der Waals surface area contributed by atoms with Gasteiger partial charge >= 0.3 is 0 Å². The molecule has 1 aromatic rings. The van der Waals surface area contributed by atoms with E-state index in [0.29, 0.717) is 6.04 Å². The van der Waals surface area contributed by atoms with E-state index in [1.54, 1.807) is 0 Å². The summed E-state index contributed by atoms with van der Waals surface area (Å²) in [7, 11) is 2.23. The molecule has 21 heavy (non-hydrogen) atoms. The maximum atomic E-state index is 3.72. The number of benzene rings is 1. The quantitative estimate of drug-likeness (QED) is 0.917. The Labute approximate surface area is 129 Å². The van der Waals surface area contributed by atoms with Crippen molar-refractivity contribution < 1.29 is 0 Å². The van der Waals surface area contributed by atoms with Crippen LogP contribution in [0.2, 0.25) is 0 Å². The molecule has 3 heteroatoms. The predicted molar refractivity (Wildman–Crippen MR) is 89.7 cm³/mol. The largest absolute Gasteiger partial charge is 0.382 e. The van der Waals surface area contributed by atoms with E-state index in [-0.39, 0.29) is 0 Å². The van der Waals surface area contributed by atoms with Crippen LogP contribution in [0.15, 0.2) is 24.3 Å². The van der Waals surface area contributed by atoms with Gasteiger partial charge in [0.2, 0.25) is 0 Å². The van der Waals surface area contributed by atoms with Crippen LogP contribution in [0.25, 0.3) is 0 Å². The third-order valence-electron chi connectivity index (χ3n) is 4.88. The van der Waals surface area contributed by atoms with Crippen LogP contribution in [0.4, 0.5) is 5.69 Å². The number of hydrogen-bond donors (Lipinski definition) is 1. The van der Waals surface area contributed by atoms with Gasteiger partial charge in [0.1, 0.15) is 0 Å². The third-order valence-corrected chi connectivity index (χ3v) is 4.88. The highest BCUT2D eigenvalue weighted by Crippen LogP contribution is 2.18. The van der Waals surface area contributed by atoms with Crippen molar-refractivity contribution in [2.24, 2.45) is 0 Å². The molecule has 2 saturated heterocycles. The highest BCUT2D eigenvalue weighted by molar-refractivity contribution is 5.45. The molecule has 116 valence electrons. The number of nitrogens with zero attached hydrogens (tertiary/aromatic N) is 2. The minimum absolute atomic E-state index is 0.638. The lowest BCUT2D eigenvalue weighted by atomic mass is 10.1. The number of likely N-dealkylation sites (tertiary alicyclic amines) is 2. The van der Waals surface area contributed by atoms with E-state index in [0.717, 1.165) is 6.54 Å². The number of rotatable bonds is 4. The van der Waals surface area contributed by atoms with Gasteiger partial charge in [0.25, 0.3) is 0 Å². The fraction of sp³-hybridized carbons (Fsp3) is 0.667. The molecule has 1 aromatic carbocycles. The average molecular weight is 287 g/mol. The lowest BCUT2D eigenvalue weighted by Gasteiger charge is -2.19. The van der Waals surface area contributed by atoms with Gasteiger partial charge in [-0.2, -0.15) is 0 Å². The molecule has 1 atom stereocenters. The summed E-state index contributed by atoms with van der Waals surface area (Å²) in [4.78, 5) is 5.00. The summed E-state index contributed by atoms with van der Waals surface area (Å²) < 4.78 is 0. The summed E-state index contributed by atoms with van der Waals surface area (Å²) in [5.74, 6) is 0. The molecule has 0 saturated carbocycles. The van der Waals surface area contributed by atoms with E-state index in [2.05, 4.69) is 46.4 Å². The van der Waals surface area contributed by atoms with Crippen molar-refractivity contribution in [3.05, 3.63) is 29.8 Å². The zero-order chi connectivity index (χ0) is 14.5. The van der Waals surface area contributed by atoms with Crippen molar-refractivity contribution in [1.82, 2.24) is 9.80 Å². The van der Waals surface area contributed by atoms with E-state index < -0.39 is 0 Å². The van der Waals surface area contributed by atoms with E-state index in [4.69, 9.17) is 0 Å². The lowest BCUT2D eigenvalue weighted by Crippen LogP contribution is -2.23. The molecule has 2 fully saturated rings. The van der Waals surface area contributed by atoms with Crippen molar-refractivity contribution in [2.45, 2.75) is 44.7 Å². The molecule has 0 bridgehead atoms. The van der Waals surface area contributed by atoms with Crippen molar-refractivity contribution in [2.75, 3.05) is 38.5 Å². The van der Waals surface area contributed by atoms with E-state index in [9.17, 15) is 0 Å². The molecular formula is C18H29N3. The molecule has 2 aliphatic heterocycles. The maximum Gasteiger partial charge on any atom is 0.0342 e. The second-order valence-corrected chi connectivity index (χ2v) is 6.76. The van der Waals surface area contributed by atoms with Crippen molar-refractivity contribution in [3.8, 4) is 0 Å². The molecular weight excluding hydrogens is 258 g/mol. The van der Waals surface area contributed by atoms with Crippen LogP contribution < -0.4 is 5.32 Å². The molecule has 2 aliphatic rings. The summed E-state index contributed by atoms with van der Waals surface area (Å²) in [6.07, 6.45) is 6.60. The van der Waals surface area contributed by atoms with Crippen LogP contribution in [0.1, 0.15) is 37.7 Å². The predicted octanol–water partition coefficient (Wildman–Crippen LogP) is 3.18. The van der Waals surface area contributed by atoms with E-state index in [1.165, 1.54) is 69.5 Å². The molecule has 1 N–H and O–H groups in total. The fourth-order valence-electron chi connectivity index (χ4n) is 3.53. The maximum absolute atomic E-state index is 3.72. The van der Waals surface area contributed by atoms with Gasteiger partial charge < -0.3 is 10.2 Å². The molecule has 0 radical (unpaired) electrons. The van der Waals surface area contributed by atoms with Crippen LogP contribution >= 0.6 is 0 Å². The number of anilines is 1. The Hall–Kier alpha value is -1.06. The zero-order valence-corrected chi connectivity index (χ0v) is 13.4. The minimum Gasteiger partial charge on any atom is -0.382 e. The zero-order valence-electron chi connectivity index (χ0n) is 13.4. The Morgan fingerprint density at radius 2 is 1.71 bits per heavy atom. The summed E-state index contributed by atoms with van der Waals surface area (Å²) in [5, 5.41) is 3.72. The van der Waals surface area contributed by atoms with Gasteiger partial charge in [-0.05, 0) is 83.0 Å². The molecule has 0 aliphatic carbocycles. The first-order chi connectivity index (χ1) is 10.3. The van der Waals surface area contributed by atoms with Gasteiger partial charge in [-0.25, -0.2) is 0 Å². The van der Waals surface area contributed by atoms with Crippen molar-refractivity contribution in [3.63, 3.8) is 0 Å². The normalized spacial score (nSPS) is 24.9. The van der Waals surface area contributed by atoms with Gasteiger partial charge in [0.05, 0.1) is 0 Å². The number of nitrogens with one attached hydrogen (secondary N) is 1. The molecule has 3 nitrogen and oxygen atoms in total. The van der Waals surface area contributed by atoms with Crippen LogP contribution in [0, 0.1) is 0 Å². The Morgan fingerprint density at radius 3 is 2.48 bits per heavy atom. The van der Waals surface area contributed by atoms with Gasteiger partial charge in [0, 0.05) is 18.3 Å². The Kier molecular flexibility index (Phi) is 5.15. The first-order valence-electron chi connectivity index (χ1n) is 8.56. The SMILES string of the molecule is CN1CCCC(Nc2ccc(CN3CCCC3)cc2)CC1. The highest BCUT2D eigenvalue weighted by Gasteiger charge is 2.15. The fourth-order valence-corrected chi connectivity index (χ4v) is 3.53. The van der Waals surface area contributed by atoms with Gasteiger partial charge in [-0.3, -0.25) is 4.90 Å². The molecule has 2 heterocycles. The molecule has 0 aromatic heterocycles. The van der Waals surface area contributed by atoms with Crippen molar-refractivity contribution in [1.29, 1.82) is 0 Å². The van der Waals surface area contributed by atoms with Gasteiger partial charge in [-0.1, -0.05) is 12.1 Å². The van der Waals surface area contributed by atoms with Gasteiger partial charge in [-0.15, -0.1) is 0 Å². The summed E-state index contributed by atoms with van der Waals surface area (Å²) >= 11 is 0. The van der Waals surface area contributed by atoms with Crippen LogP contribution in [-0.4, -0.2) is 49.1 Å². The van der Waals surface area contributed by atoms with E-state index >= 15 is 0 Å². The highest BCUT2D eigenvalue weighted by atomic mass is 15.1. The standard InChI is InChI=1S/C18H29N3/c1-20-11-4-5-17(10-14-20)19-18-8-6-16(7-9-18)15-21-12-2-3-13-21/h6-9,17,19H,2-5,10-15H2,1H3. The first kappa shape index (κ1) is 14.9. The second kappa shape index (κ2) is 7.28. The van der Waals surface area contributed by atoms with Crippen LogP contribution in [-0.2, 0) is 6.54 Å². The Balaban J connectivity index is 1.51. The van der Waals surface area contributed by atoms with E-state index in [1.807, 2.05) is 0 Å². The monoisotopic (exact) mass is 287 g/mol. The van der Waals surface area contributed by atoms with Crippen molar-refractivity contribution >= 4 is 5.69 Å². The van der Waals surface area contributed by atoms with Crippen LogP contribution in [0.5, 0.6) is 0 Å². The summed E-state index contributed by atoms with van der Waals surface area (Å²) in [6.45, 7) is 6.12. The average Bonchev–Trinajstić information content (AvgIpc) is 2.91. The molecule has 0 amide bonds. The smallest absolute Gasteiger partial charge is 0.0342 e. The van der Waals surface area contributed by atoms with Crippen LogP contribution in [0.3, 0.4) is 0 Å². The molecule has 0 spiro atoms.